The Bertz CT molecular complexity index is 588. The molecule has 108 valence electrons. The van der Waals surface area contributed by atoms with Gasteiger partial charge in [-0.1, -0.05) is 17.7 Å². The number of rotatable bonds is 5. The molecule has 3 nitrogen and oxygen atoms in total. The summed E-state index contributed by atoms with van der Waals surface area (Å²) in [6, 6.07) is 6.12. The molecule has 20 heavy (non-hydrogen) atoms. The smallest absolute Gasteiger partial charge is 0.0798 e. The van der Waals surface area contributed by atoms with Crippen LogP contribution >= 0.6 is 38.9 Å². The van der Waals surface area contributed by atoms with Crippen molar-refractivity contribution in [2.45, 2.75) is 19.5 Å². The van der Waals surface area contributed by atoms with Gasteiger partial charge in [-0.25, -0.2) is 4.98 Å². The Labute approximate surface area is 136 Å². The average molecular weight is 375 g/mol. The number of aryl methyl sites for hydroxylation is 1. The molecule has 2 aromatic rings. The molecular weight excluding hydrogens is 358 g/mol. The van der Waals surface area contributed by atoms with Gasteiger partial charge in [-0.2, -0.15) is 0 Å². The van der Waals surface area contributed by atoms with Gasteiger partial charge in [-0.3, -0.25) is 4.90 Å². The highest BCUT2D eigenvalue weighted by molar-refractivity contribution is 9.10. The van der Waals surface area contributed by atoms with Gasteiger partial charge in [0.15, 0.2) is 0 Å². The van der Waals surface area contributed by atoms with Crippen molar-refractivity contribution < 1.29 is 0 Å². The number of likely N-dealkylation sites (N-methyl/N-ethyl adjacent to an activating group) is 1. The minimum Gasteiger partial charge on any atom is -0.329 e. The number of thiazole rings is 1. The SMILES string of the molecule is Cc1ncsc1CN(C)C(CN)c1ccc(Cl)c(Br)c1. The van der Waals surface area contributed by atoms with Gasteiger partial charge < -0.3 is 5.73 Å². The molecule has 6 heteroatoms. The van der Waals surface area contributed by atoms with Crippen LogP contribution in [0.3, 0.4) is 0 Å². The summed E-state index contributed by atoms with van der Waals surface area (Å²) in [5.41, 5.74) is 10.1. The van der Waals surface area contributed by atoms with E-state index in [0.29, 0.717) is 11.6 Å². The second-order valence-corrected chi connectivity index (χ2v) is 6.90. The van der Waals surface area contributed by atoms with Crippen LogP contribution in [0.1, 0.15) is 22.2 Å². The molecule has 1 aromatic heterocycles. The maximum atomic E-state index is 6.05. The number of hydrogen-bond donors (Lipinski definition) is 1. The van der Waals surface area contributed by atoms with E-state index in [1.54, 1.807) is 11.3 Å². The molecular formula is C14H17BrClN3S. The zero-order chi connectivity index (χ0) is 14.7. The van der Waals surface area contributed by atoms with Gasteiger partial charge in [0, 0.05) is 28.5 Å². The van der Waals surface area contributed by atoms with Crippen molar-refractivity contribution in [1.82, 2.24) is 9.88 Å². The van der Waals surface area contributed by atoms with E-state index in [-0.39, 0.29) is 6.04 Å². The van der Waals surface area contributed by atoms with Crippen LogP contribution in [0, 0.1) is 6.92 Å². The van der Waals surface area contributed by atoms with Crippen molar-refractivity contribution in [1.29, 1.82) is 0 Å². The standard InChI is InChI=1S/C14H17BrClN3S/c1-9-14(20-8-18-9)7-19(2)13(6-17)10-3-4-12(16)11(15)5-10/h3-5,8,13H,6-7,17H2,1-2H3. The fraction of sp³-hybridized carbons (Fsp3) is 0.357. The lowest BCUT2D eigenvalue weighted by molar-refractivity contribution is 0.243. The fourth-order valence-electron chi connectivity index (χ4n) is 2.10. The van der Waals surface area contributed by atoms with Gasteiger partial charge in [0.25, 0.3) is 0 Å². The Morgan fingerprint density at radius 1 is 1.50 bits per heavy atom. The first kappa shape index (κ1) is 15.9. The summed E-state index contributed by atoms with van der Waals surface area (Å²) in [7, 11) is 2.08. The fourth-order valence-corrected chi connectivity index (χ4v) is 3.46. The Morgan fingerprint density at radius 3 is 2.80 bits per heavy atom. The molecule has 0 amide bonds. The predicted octanol–water partition coefficient (Wildman–Crippen LogP) is 4.00. The third-order valence-electron chi connectivity index (χ3n) is 3.32. The minimum absolute atomic E-state index is 0.157. The molecule has 0 saturated heterocycles. The molecule has 2 N–H and O–H groups in total. The van der Waals surface area contributed by atoms with Crippen LogP contribution in [-0.2, 0) is 6.54 Å². The molecule has 0 aliphatic rings. The van der Waals surface area contributed by atoms with Gasteiger partial charge in [-0.15, -0.1) is 11.3 Å². The molecule has 1 atom stereocenters. The van der Waals surface area contributed by atoms with Crippen molar-refractivity contribution in [3.63, 3.8) is 0 Å². The summed E-state index contributed by atoms with van der Waals surface area (Å²) in [4.78, 5) is 7.81. The second-order valence-electron chi connectivity index (χ2n) is 4.70. The summed E-state index contributed by atoms with van der Waals surface area (Å²) in [5.74, 6) is 0. The highest BCUT2D eigenvalue weighted by Crippen LogP contribution is 2.29. The van der Waals surface area contributed by atoms with Crippen molar-refractivity contribution in [2.75, 3.05) is 13.6 Å². The van der Waals surface area contributed by atoms with Gasteiger partial charge >= 0.3 is 0 Å². The molecule has 0 fully saturated rings. The third-order valence-corrected chi connectivity index (χ3v) is 5.46. The van der Waals surface area contributed by atoms with Crippen LogP contribution in [0.2, 0.25) is 5.02 Å². The number of nitrogens with two attached hydrogens (primary N) is 1. The van der Waals surface area contributed by atoms with E-state index in [1.807, 2.05) is 30.6 Å². The Balaban J connectivity index is 2.18. The Hall–Kier alpha value is -0.460. The molecule has 0 spiro atoms. The maximum absolute atomic E-state index is 6.05. The van der Waals surface area contributed by atoms with E-state index < -0.39 is 0 Å². The second kappa shape index (κ2) is 7.00. The molecule has 1 aromatic carbocycles. The van der Waals surface area contributed by atoms with Crippen molar-refractivity contribution in [2.24, 2.45) is 5.73 Å². The van der Waals surface area contributed by atoms with E-state index >= 15 is 0 Å². The lowest BCUT2D eigenvalue weighted by atomic mass is 10.1. The number of nitrogens with zero attached hydrogens (tertiary/aromatic N) is 2. The molecule has 0 saturated carbocycles. The maximum Gasteiger partial charge on any atom is 0.0798 e. The summed E-state index contributed by atoms with van der Waals surface area (Å²) in [6.07, 6.45) is 0. The van der Waals surface area contributed by atoms with E-state index in [4.69, 9.17) is 17.3 Å². The lowest BCUT2D eigenvalue weighted by Gasteiger charge is -2.27. The number of hydrogen-bond acceptors (Lipinski definition) is 4. The predicted molar refractivity (Wildman–Crippen MR) is 89.3 cm³/mol. The molecule has 2 rings (SSSR count). The molecule has 0 aliphatic heterocycles. The lowest BCUT2D eigenvalue weighted by Crippen LogP contribution is -2.30. The zero-order valence-corrected chi connectivity index (χ0v) is 14.6. The topological polar surface area (TPSA) is 42.2 Å². The van der Waals surface area contributed by atoms with Crippen LogP contribution in [-0.4, -0.2) is 23.5 Å². The van der Waals surface area contributed by atoms with Gasteiger partial charge in [0.2, 0.25) is 0 Å². The summed E-state index contributed by atoms with van der Waals surface area (Å²) in [5, 5.41) is 0.713. The van der Waals surface area contributed by atoms with Crippen LogP contribution in [0.15, 0.2) is 28.2 Å². The first-order chi connectivity index (χ1) is 9.52. The Morgan fingerprint density at radius 2 is 2.25 bits per heavy atom. The van der Waals surface area contributed by atoms with Crippen LogP contribution in [0.4, 0.5) is 0 Å². The van der Waals surface area contributed by atoms with Crippen molar-refractivity contribution in [3.8, 4) is 0 Å². The average Bonchev–Trinajstić information content (AvgIpc) is 2.80. The van der Waals surface area contributed by atoms with Gasteiger partial charge in [0.05, 0.1) is 16.2 Å². The molecule has 0 radical (unpaired) electrons. The van der Waals surface area contributed by atoms with Crippen molar-refractivity contribution in [3.05, 3.63) is 49.3 Å². The number of aromatic nitrogens is 1. The van der Waals surface area contributed by atoms with Gasteiger partial charge in [0.1, 0.15) is 0 Å². The van der Waals surface area contributed by atoms with E-state index in [9.17, 15) is 0 Å². The normalized spacial score (nSPS) is 12.9. The highest BCUT2D eigenvalue weighted by Gasteiger charge is 2.18. The van der Waals surface area contributed by atoms with E-state index in [0.717, 1.165) is 22.3 Å². The molecule has 0 aliphatic carbocycles. The Kier molecular flexibility index (Phi) is 5.57. The number of benzene rings is 1. The summed E-state index contributed by atoms with van der Waals surface area (Å²) < 4.78 is 0.900. The molecule has 1 heterocycles. The first-order valence-corrected chi connectivity index (χ1v) is 8.32. The highest BCUT2D eigenvalue weighted by atomic mass is 79.9. The van der Waals surface area contributed by atoms with E-state index in [2.05, 4.69) is 32.9 Å². The van der Waals surface area contributed by atoms with Crippen LogP contribution in [0.25, 0.3) is 0 Å². The monoisotopic (exact) mass is 373 g/mol. The molecule has 1 unspecified atom stereocenters. The van der Waals surface area contributed by atoms with Crippen molar-refractivity contribution >= 4 is 38.9 Å². The van der Waals surface area contributed by atoms with E-state index in [1.165, 1.54) is 4.88 Å². The first-order valence-electron chi connectivity index (χ1n) is 6.27. The molecule has 0 bridgehead atoms. The number of halogens is 2. The van der Waals surface area contributed by atoms with Gasteiger partial charge in [-0.05, 0) is 47.6 Å². The minimum atomic E-state index is 0.157. The summed E-state index contributed by atoms with van der Waals surface area (Å²) >= 11 is 11.2. The summed E-state index contributed by atoms with van der Waals surface area (Å²) in [6.45, 7) is 3.44. The zero-order valence-electron chi connectivity index (χ0n) is 11.4. The van der Waals surface area contributed by atoms with Crippen LogP contribution < -0.4 is 5.73 Å². The quantitative estimate of drug-likeness (QED) is 0.860. The largest absolute Gasteiger partial charge is 0.329 e. The third kappa shape index (κ3) is 3.59. The van der Waals surface area contributed by atoms with Crippen LogP contribution in [0.5, 0.6) is 0 Å².